The number of piperidine rings is 1. The molecule has 6 nitrogen and oxygen atoms in total. The van der Waals surface area contributed by atoms with Gasteiger partial charge in [0.1, 0.15) is 5.69 Å². The van der Waals surface area contributed by atoms with E-state index in [-0.39, 0.29) is 17.0 Å². The maximum Gasteiger partial charge on any atom is 0.323 e. The summed E-state index contributed by atoms with van der Waals surface area (Å²) >= 11 is 0. The maximum atomic E-state index is 12.6. The van der Waals surface area contributed by atoms with E-state index >= 15 is 0 Å². The number of nitrogens with zero attached hydrogens (tertiary/aromatic N) is 2. The first-order valence-corrected chi connectivity index (χ1v) is 9.97. The van der Waals surface area contributed by atoms with Crippen LogP contribution in [0, 0.1) is 5.41 Å². The van der Waals surface area contributed by atoms with Gasteiger partial charge in [0, 0.05) is 31.2 Å². The van der Waals surface area contributed by atoms with Crippen molar-refractivity contribution in [2.45, 2.75) is 32.1 Å². The molecule has 2 saturated heterocycles. The Labute approximate surface area is 159 Å². The summed E-state index contributed by atoms with van der Waals surface area (Å²) < 4.78 is 0. The summed E-state index contributed by atoms with van der Waals surface area (Å²) in [6.45, 7) is 4.94. The van der Waals surface area contributed by atoms with Gasteiger partial charge in [-0.05, 0) is 50.8 Å². The monoisotopic (exact) mass is 368 g/mol. The summed E-state index contributed by atoms with van der Waals surface area (Å²) in [5, 5.41) is 0. The third kappa shape index (κ3) is 4.16. The molecule has 1 aromatic carbocycles. The van der Waals surface area contributed by atoms with Gasteiger partial charge in [-0.25, -0.2) is 4.79 Å². The molecular formula is C21H28N4O2. The van der Waals surface area contributed by atoms with Crippen molar-refractivity contribution in [3.05, 3.63) is 58.3 Å². The Morgan fingerprint density at radius 3 is 2.74 bits per heavy atom. The van der Waals surface area contributed by atoms with E-state index in [0.29, 0.717) is 5.69 Å². The molecule has 27 heavy (non-hydrogen) atoms. The predicted octanol–water partition coefficient (Wildman–Crippen LogP) is 2.26. The molecule has 2 aromatic rings. The predicted molar refractivity (Wildman–Crippen MR) is 105 cm³/mol. The van der Waals surface area contributed by atoms with E-state index in [0.717, 1.165) is 45.6 Å². The summed E-state index contributed by atoms with van der Waals surface area (Å²) in [5.74, 6) is -0.0635. The fourth-order valence-electron chi connectivity index (χ4n) is 4.71. The van der Waals surface area contributed by atoms with E-state index < -0.39 is 0 Å². The van der Waals surface area contributed by atoms with Gasteiger partial charge in [0.2, 0.25) is 0 Å². The maximum absolute atomic E-state index is 12.6. The zero-order valence-electron chi connectivity index (χ0n) is 15.7. The smallest absolute Gasteiger partial charge is 0.323 e. The average molecular weight is 368 g/mol. The Hall–Kier alpha value is -2.34. The van der Waals surface area contributed by atoms with Crippen molar-refractivity contribution in [3.63, 3.8) is 0 Å². The Kier molecular flexibility index (Phi) is 5.16. The molecular weight excluding hydrogens is 340 g/mol. The molecule has 0 aliphatic carbocycles. The lowest BCUT2D eigenvalue weighted by molar-refractivity contribution is 0.0684. The standard InChI is InChI=1S/C21H28N4O2/c26-19(18-14-22-20(27)23-18)25-13-10-21(16-25)9-5-12-24(15-21)11-4-8-17-6-2-1-3-7-17/h1-3,6-7,14H,4-5,8-13,15-16H2,(H2,22,23,27). The number of benzene rings is 1. The van der Waals surface area contributed by atoms with E-state index in [1.54, 1.807) is 0 Å². The summed E-state index contributed by atoms with van der Waals surface area (Å²) in [4.78, 5) is 33.5. The number of imidazole rings is 1. The molecule has 4 rings (SSSR count). The van der Waals surface area contributed by atoms with Crippen LogP contribution in [0.2, 0.25) is 0 Å². The average Bonchev–Trinajstić information content (AvgIpc) is 3.29. The largest absolute Gasteiger partial charge is 0.337 e. The van der Waals surface area contributed by atoms with Crippen molar-refractivity contribution in [2.24, 2.45) is 5.41 Å². The van der Waals surface area contributed by atoms with E-state index in [4.69, 9.17) is 0 Å². The van der Waals surface area contributed by atoms with Crippen LogP contribution in [0.4, 0.5) is 0 Å². The van der Waals surface area contributed by atoms with Gasteiger partial charge in [-0.1, -0.05) is 30.3 Å². The highest BCUT2D eigenvalue weighted by Crippen LogP contribution is 2.39. The number of aromatic nitrogens is 2. The van der Waals surface area contributed by atoms with Gasteiger partial charge in [0.05, 0.1) is 0 Å². The molecule has 2 aliphatic rings. The highest BCUT2D eigenvalue weighted by Gasteiger charge is 2.42. The molecule has 1 atom stereocenters. The number of rotatable bonds is 5. The van der Waals surface area contributed by atoms with Crippen LogP contribution in [0.15, 0.2) is 41.3 Å². The zero-order chi connectivity index (χ0) is 18.7. The molecule has 1 unspecified atom stereocenters. The molecule has 2 N–H and O–H groups in total. The first kappa shape index (κ1) is 18.0. The van der Waals surface area contributed by atoms with E-state index in [2.05, 4.69) is 45.2 Å². The van der Waals surface area contributed by atoms with Crippen molar-refractivity contribution in [2.75, 3.05) is 32.7 Å². The molecule has 1 aromatic heterocycles. The number of nitrogens with one attached hydrogen (secondary N) is 2. The molecule has 3 heterocycles. The second kappa shape index (κ2) is 7.72. The van der Waals surface area contributed by atoms with Gasteiger partial charge in [0.15, 0.2) is 0 Å². The minimum Gasteiger partial charge on any atom is -0.337 e. The van der Waals surface area contributed by atoms with Gasteiger partial charge in [-0.15, -0.1) is 0 Å². The highest BCUT2D eigenvalue weighted by atomic mass is 16.2. The van der Waals surface area contributed by atoms with Crippen LogP contribution in [-0.2, 0) is 6.42 Å². The van der Waals surface area contributed by atoms with Gasteiger partial charge >= 0.3 is 5.69 Å². The molecule has 0 saturated carbocycles. The summed E-state index contributed by atoms with van der Waals surface area (Å²) in [6.07, 6.45) is 7.22. The minimum absolute atomic E-state index is 0.0635. The first-order chi connectivity index (χ1) is 13.1. The van der Waals surface area contributed by atoms with Crippen LogP contribution in [-0.4, -0.2) is 58.4 Å². The molecule has 1 amide bonds. The molecule has 2 aliphatic heterocycles. The summed E-state index contributed by atoms with van der Waals surface area (Å²) in [6, 6.07) is 10.7. The number of hydrogen-bond donors (Lipinski definition) is 2. The molecule has 6 heteroatoms. The number of aryl methyl sites for hydroxylation is 1. The van der Waals surface area contributed by atoms with Crippen molar-refractivity contribution in [1.82, 2.24) is 19.8 Å². The van der Waals surface area contributed by atoms with E-state index in [9.17, 15) is 9.59 Å². The van der Waals surface area contributed by atoms with Crippen LogP contribution in [0.25, 0.3) is 0 Å². The van der Waals surface area contributed by atoms with E-state index in [1.165, 1.54) is 31.0 Å². The third-order valence-corrected chi connectivity index (χ3v) is 6.07. The number of amides is 1. The van der Waals surface area contributed by atoms with E-state index in [1.807, 2.05) is 4.90 Å². The number of likely N-dealkylation sites (tertiary alicyclic amines) is 2. The third-order valence-electron chi connectivity index (χ3n) is 6.07. The lowest BCUT2D eigenvalue weighted by Gasteiger charge is -2.40. The van der Waals surface area contributed by atoms with Crippen molar-refractivity contribution in [1.29, 1.82) is 0 Å². The number of aromatic amines is 2. The van der Waals surface area contributed by atoms with Crippen LogP contribution < -0.4 is 5.69 Å². The summed E-state index contributed by atoms with van der Waals surface area (Å²) in [5.41, 5.74) is 1.67. The molecule has 1 spiro atoms. The van der Waals surface area contributed by atoms with Crippen LogP contribution in [0.5, 0.6) is 0 Å². The van der Waals surface area contributed by atoms with Gasteiger partial charge < -0.3 is 19.8 Å². The van der Waals surface area contributed by atoms with Crippen LogP contribution in [0.1, 0.15) is 41.7 Å². The Bertz CT molecular complexity index is 828. The highest BCUT2D eigenvalue weighted by molar-refractivity contribution is 5.92. The lowest BCUT2D eigenvalue weighted by Crippen LogP contribution is -2.45. The Morgan fingerprint density at radius 2 is 1.96 bits per heavy atom. The molecule has 144 valence electrons. The second-order valence-corrected chi connectivity index (χ2v) is 8.10. The number of H-pyrrole nitrogens is 2. The van der Waals surface area contributed by atoms with Gasteiger partial charge in [-0.2, -0.15) is 0 Å². The Balaban J connectivity index is 1.31. The molecule has 2 fully saturated rings. The molecule has 0 bridgehead atoms. The SMILES string of the molecule is O=C(c1c[nH]c(=O)[nH]1)N1CCC2(CCCN(CCCc3ccccc3)C2)C1. The topological polar surface area (TPSA) is 72.2 Å². The zero-order valence-corrected chi connectivity index (χ0v) is 15.7. The molecule has 0 radical (unpaired) electrons. The number of carbonyl (C=O) groups excluding carboxylic acids is 1. The fraction of sp³-hybridized carbons (Fsp3) is 0.524. The van der Waals surface area contributed by atoms with Crippen LogP contribution in [0.3, 0.4) is 0 Å². The van der Waals surface area contributed by atoms with Crippen molar-refractivity contribution < 1.29 is 4.79 Å². The number of carbonyl (C=O) groups is 1. The number of hydrogen-bond acceptors (Lipinski definition) is 3. The second-order valence-electron chi connectivity index (χ2n) is 8.10. The van der Waals surface area contributed by atoms with Crippen LogP contribution >= 0.6 is 0 Å². The quantitative estimate of drug-likeness (QED) is 0.850. The summed E-state index contributed by atoms with van der Waals surface area (Å²) in [7, 11) is 0. The van der Waals surface area contributed by atoms with Gasteiger partial charge in [-0.3, -0.25) is 4.79 Å². The normalized spacial score (nSPS) is 23.2. The minimum atomic E-state index is -0.325. The van der Waals surface area contributed by atoms with Gasteiger partial charge in [0.25, 0.3) is 5.91 Å². The fourth-order valence-corrected chi connectivity index (χ4v) is 4.71. The van der Waals surface area contributed by atoms with Crippen molar-refractivity contribution >= 4 is 5.91 Å². The van der Waals surface area contributed by atoms with Crippen molar-refractivity contribution in [3.8, 4) is 0 Å². The Morgan fingerprint density at radius 1 is 1.11 bits per heavy atom. The lowest BCUT2D eigenvalue weighted by atomic mass is 9.79. The first-order valence-electron chi connectivity index (χ1n) is 9.97.